The fraction of sp³-hybridized carbons (Fsp3) is 0.583. The van der Waals surface area contributed by atoms with Gasteiger partial charge >= 0.3 is 0 Å². The summed E-state index contributed by atoms with van der Waals surface area (Å²) >= 11 is 1.67. The second-order valence-electron chi connectivity index (χ2n) is 3.81. The van der Waals surface area contributed by atoms with Crippen molar-refractivity contribution in [2.24, 2.45) is 5.73 Å². The molecule has 0 aliphatic rings. The van der Waals surface area contributed by atoms with Crippen LogP contribution in [-0.2, 0) is 11.3 Å². The molecule has 0 saturated heterocycles. The largest absolute Gasteiger partial charge is 0.351 e. The third-order valence-corrected chi connectivity index (χ3v) is 3.27. The molecule has 0 aliphatic heterocycles. The Labute approximate surface area is 113 Å². The van der Waals surface area contributed by atoms with Gasteiger partial charge in [-0.2, -0.15) is 0 Å². The number of carbonyl (C=O) groups excluding carboxylic acids is 1. The van der Waals surface area contributed by atoms with Gasteiger partial charge in [-0.3, -0.25) is 4.79 Å². The zero-order valence-corrected chi connectivity index (χ0v) is 11.6. The molecule has 0 aromatic carbocycles. The molecule has 3 N–H and O–H groups in total. The monoisotopic (exact) mass is 276 g/mol. The SMILES string of the molecule is Cl.NCCCCCCC(=O)NCc1cccs1. The molecule has 0 fully saturated rings. The summed E-state index contributed by atoms with van der Waals surface area (Å²) in [7, 11) is 0. The van der Waals surface area contributed by atoms with Crippen LogP contribution in [-0.4, -0.2) is 12.5 Å². The molecule has 1 rings (SSSR count). The van der Waals surface area contributed by atoms with Gasteiger partial charge in [-0.25, -0.2) is 0 Å². The van der Waals surface area contributed by atoms with E-state index in [2.05, 4.69) is 5.32 Å². The van der Waals surface area contributed by atoms with Gasteiger partial charge in [-0.15, -0.1) is 23.7 Å². The highest BCUT2D eigenvalue weighted by molar-refractivity contribution is 7.09. The van der Waals surface area contributed by atoms with Crippen LogP contribution in [0.5, 0.6) is 0 Å². The van der Waals surface area contributed by atoms with Crippen LogP contribution in [0.25, 0.3) is 0 Å². The topological polar surface area (TPSA) is 55.1 Å². The van der Waals surface area contributed by atoms with E-state index in [1.807, 2.05) is 17.5 Å². The summed E-state index contributed by atoms with van der Waals surface area (Å²) in [6.07, 6.45) is 4.90. The lowest BCUT2D eigenvalue weighted by Gasteiger charge is -2.03. The van der Waals surface area contributed by atoms with Crippen molar-refractivity contribution in [1.82, 2.24) is 5.32 Å². The molecular formula is C12H21ClN2OS. The van der Waals surface area contributed by atoms with E-state index in [0.29, 0.717) is 13.0 Å². The predicted octanol–water partition coefficient (Wildman–Crippen LogP) is 2.70. The Morgan fingerprint density at radius 2 is 2.06 bits per heavy atom. The lowest BCUT2D eigenvalue weighted by molar-refractivity contribution is -0.121. The van der Waals surface area contributed by atoms with E-state index in [9.17, 15) is 4.79 Å². The number of nitrogens with two attached hydrogens (primary N) is 1. The maximum Gasteiger partial charge on any atom is 0.220 e. The van der Waals surface area contributed by atoms with E-state index < -0.39 is 0 Å². The molecule has 3 nitrogen and oxygen atoms in total. The normalized spacial score (nSPS) is 9.71. The summed E-state index contributed by atoms with van der Waals surface area (Å²) in [6, 6.07) is 4.03. The standard InChI is InChI=1S/C12H20N2OS.ClH/c13-8-4-2-1-3-7-12(15)14-10-11-6-5-9-16-11;/h5-6,9H,1-4,7-8,10,13H2,(H,14,15);1H. The smallest absolute Gasteiger partial charge is 0.220 e. The molecule has 1 aromatic heterocycles. The number of hydrogen-bond acceptors (Lipinski definition) is 3. The second kappa shape index (κ2) is 10.6. The number of rotatable bonds is 8. The van der Waals surface area contributed by atoms with Gasteiger partial charge in [-0.1, -0.05) is 18.9 Å². The van der Waals surface area contributed by atoms with E-state index in [1.165, 1.54) is 4.88 Å². The quantitative estimate of drug-likeness (QED) is 0.718. The Hall–Kier alpha value is -0.580. The van der Waals surface area contributed by atoms with Gasteiger partial charge in [0.1, 0.15) is 0 Å². The first kappa shape index (κ1) is 16.4. The van der Waals surface area contributed by atoms with Crippen LogP contribution < -0.4 is 11.1 Å². The molecule has 1 aromatic rings. The van der Waals surface area contributed by atoms with Crippen LogP contribution in [0.2, 0.25) is 0 Å². The van der Waals surface area contributed by atoms with Gasteiger partial charge in [0.25, 0.3) is 0 Å². The molecular weight excluding hydrogens is 256 g/mol. The maximum atomic E-state index is 11.4. The molecule has 98 valence electrons. The molecule has 5 heteroatoms. The third-order valence-electron chi connectivity index (χ3n) is 2.40. The van der Waals surface area contributed by atoms with Gasteiger partial charge in [-0.05, 0) is 30.8 Å². The van der Waals surface area contributed by atoms with Gasteiger partial charge in [0.05, 0.1) is 6.54 Å². The van der Waals surface area contributed by atoms with Crippen molar-refractivity contribution in [2.75, 3.05) is 6.54 Å². The molecule has 0 unspecified atom stereocenters. The van der Waals surface area contributed by atoms with E-state index >= 15 is 0 Å². The molecule has 1 heterocycles. The molecule has 0 atom stereocenters. The number of thiophene rings is 1. The van der Waals surface area contributed by atoms with E-state index in [0.717, 1.165) is 32.2 Å². The van der Waals surface area contributed by atoms with Crippen LogP contribution >= 0.6 is 23.7 Å². The highest BCUT2D eigenvalue weighted by Gasteiger charge is 2.01. The summed E-state index contributed by atoms with van der Waals surface area (Å²) in [4.78, 5) is 12.6. The first-order valence-electron chi connectivity index (χ1n) is 5.82. The van der Waals surface area contributed by atoms with Gasteiger partial charge in [0, 0.05) is 11.3 Å². The first-order valence-corrected chi connectivity index (χ1v) is 6.70. The lowest BCUT2D eigenvalue weighted by atomic mass is 10.1. The van der Waals surface area contributed by atoms with E-state index in [1.54, 1.807) is 11.3 Å². The minimum Gasteiger partial charge on any atom is -0.351 e. The van der Waals surface area contributed by atoms with E-state index in [-0.39, 0.29) is 18.3 Å². The Morgan fingerprint density at radius 1 is 1.29 bits per heavy atom. The van der Waals surface area contributed by atoms with E-state index in [4.69, 9.17) is 5.73 Å². The van der Waals surface area contributed by atoms with Gasteiger partial charge in [0.15, 0.2) is 0 Å². The van der Waals surface area contributed by atoms with Crippen molar-refractivity contribution in [2.45, 2.75) is 38.6 Å². The number of unbranched alkanes of at least 4 members (excludes halogenated alkanes) is 3. The number of halogens is 1. The van der Waals surface area contributed by atoms with Crippen molar-refractivity contribution in [3.8, 4) is 0 Å². The summed E-state index contributed by atoms with van der Waals surface area (Å²) in [5, 5.41) is 4.94. The predicted molar refractivity (Wildman–Crippen MR) is 75.6 cm³/mol. The summed E-state index contributed by atoms with van der Waals surface area (Å²) in [5.74, 6) is 0.154. The fourth-order valence-corrected chi connectivity index (χ4v) is 2.12. The van der Waals surface area contributed by atoms with Crippen LogP contribution in [0, 0.1) is 0 Å². The van der Waals surface area contributed by atoms with Crippen LogP contribution in [0.4, 0.5) is 0 Å². The zero-order valence-electron chi connectivity index (χ0n) is 9.98. The molecule has 0 aliphatic carbocycles. The van der Waals surface area contributed by atoms with Crippen molar-refractivity contribution < 1.29 is 4.79 Å². The Kier molecular flexibility index (Phi) is 10.2. The maximum absolute atomic E-state index is 11.4. The summed E-state index contributed by atoms with van der Waals surface area (Å²) in [6.45, 7) is 1.42. The minimum atomic E-state index is 0. The van der Waals surface area contributed by atoms with Crippen LogP contribution in [0.15, 0.2) is 17.5 Å². The third kappa shape index (κ3) is 8.18. The van der Waals surface area contributed by atoms with Crippen molar-refractivity contribution in [1.29, 1.82) is 0 Å². The Bertz CT molecular complexity index is 291. The molecule has 0 saturated carbocycles. The molecule has 0 spiro atoms. The average Bonchev–Trinajstić information content (AvgIpc) is 2.79. The first-order chi connectivity index (χ1) is 7.83. The molecule has 1 amide bonds. The van der Waals surface area contributed by atoms with Gasteiger partial charge < -0.3 is 11.1 Å². The number of hydrogen-bond donors (Lipinski definition) is 2. The number of nitrogens with one attached hydrogen (secondary N) is 1. The van der Waals surface area contributed by atoms with Crippen molar-refractivity contribution in [3.63, 3.8) is 0 Å². The summed E-state index contributed by atoms with van der Waals surface area (Å²) in [5.41, 5.74) is 5.39. The second-order valence-corrected chi connectivity index (χ2v) is 4.84. The van der Waals surface area contributed by atoms with Crippen LogP contribution in [0.3, 0.4) is 0 Å². The molecule has 0 radical (unpaired) electrons. The lowest BCUT2D eigenvalue weighted by Crippen LogP contribution is -2.21. The Balaban J connectivity index is 0.00000256. The highest BCUT2D eigenvalue weighted by Crippen LogP contribution is 2.08. The Morgan fingerprint density at radius 3 is 2.71 bits per heavy atom. The van der Waals surface area contributed by atoms with Crippen molar-refractivity contribution >= 4 is 29.7 Å². The molecule has 17 heavy (non-hydrogen) atoms. The fourth-order valence-electron chi connectivity index (χ4n) is 1.47. The minimum absolute atomic E-state index is 0. The number of amides is 1. The van der Waals surface area contributed by atoms with Crippen molar-refractivity contribution in [3.05, 3.63) is 22.4 Å². The molecule has 0 bridgehead atoms. The average molecular weight is 277 g/mol. The highest BCUT2D eigenvalue weighted by atomic mass is 35.5. The summed E-state index contributed by atoms with van der Waals surface area (Å²) < 4.78 is 0. The zero-order chi connectivity index (χ0) is 11.6. The van der Waals surface area contributed by atoms with Crippen LogP contribution in [0.1, 0.15) is 37.0 Å². The van der Waals surface area contributed by atoms with Gasteiger partial charge in [0.2, 0.25) is 5.91 Å². The number of carbonyl (C=O) groups is 1.